The molecular formula is C25H32N4O3S. The molecule has 0 saturated carbocycles. The molecule has 176 valence electrons. The zero-order chi connectivity index (χ0) is 23.4. The highest BCUT2D eigenvalue weighted by molar-refractivity contribution is 7.09. The largest absolute Gasteiger partial charge is 0.343 e. The highest BCUT2D eigenvalue weighted by Crippen LogP contribution is 2.36. The monoisotopic (exact) mass is 468 g/mol. The first-order chi connectivity index (χ1) is 15.9. The van der Waals surface area contributed by atoms with Gasteiger partial charge in [0, 0.05) is 37.4 Å². The average molecular weight is 469 g/mol. The van der Waals surface area contributed by atoms with Crippen molar-refractivity contribution in [1.29, 1.82) is 0 Å². The molecule has 0 radical (unpaired) electrons. The average Bonchev–Trinajstić information content (AvgIpc) is 3.36. The number of aryl methyl sites for hydroxylation is 2. The van der Waals surface area contributed by atoms with Gasteiger partial charge in [-0.2, -0.15) is 0 Å². The molecule has 0 aliphatic carbocycles. The first-order valence-electron chi connectivity index (χ1n) is 11.8. The lowest BCUT2D eigenvalue weighted by Gasteiger charge is -2.40. The lowest BCUT2D eigenvalue weighted by molar-refractivity contribution is -0.136. The summed E-state index contributed by atoms with van der Waals surface area (Å²) in [6, 6.07) is 9.74. The van der Waals surface area contributed by atoms with Gasteiger partial charge in [-0.05, 0) is 44.1 Å². The number of nitrogens with one attached hydrogen (secondary N) is 1. The van der Waals surface area contributed by atoms with Crippen molar-refractivity contribution in [2.75, 3.05) is 19.6 Å². The highest BCUT2D eigenvalue weighted by Gasteiger charge is 2.54. The van der Waals surface area contributed by atoms with E-state index in [1.807, 2.05) is 49.1 Å². The summed E-state index contributed by atoms with van der Waals surface area (Å²) in [6.45, 7) is 5.54. The summed E-state index contributed by atoms with van der Waals surface area (Å²) < 4.78 is 0. The van der Waals surface area contributed by atoms with E-state index in [1.165, 1.54) is 10.5 Å². The lowest BCUT2D eigenvalue weighted by Crippen LogP contribution is -2.56. The number of urea groups is 1. The molecule has 0 bridgehead atoms. The quantitative estimate of drug-likeness (QED) is 0.601. The van der Waals surface area contributed by atoms with E-state index < -0.39 is 5.54 Å². The van der Waals surface area contributed by atoms with Gasteiger partial charge in [-0.25, -0.2) is 9.78 Å². The topological polar surface area (TPSA) is 82.6 Å². The van der Waals surface area contributed by atoms with Crippen LogP contribution in [0.3, 0.4) is 0 Å². The number of benzene rings is 1. The molecule has 4 rings (SSSR count). The summed E-state index contributed by atoms with van der Waals surface area (Å²) in [5, 5.41) is 3.04. The van der Waals surface area contributed by atoms with Crippen LogP contribution in [0.2, 0.25) is 0 Å². The lowest BCUT2D eigenvalue weighted by atomic mass is 9.75. The number of thiazole rings is 1. The van der Waals surface area contributed by atoms with Crippen molar-refractivity contribution in [2.45, 2.75) is 57.9 Å². The molecule has 2 aliphatic heterocycles. The Hall–Kier alpha value is -2.74. The summed E-state index contributed by atoms with van der Waals surface area (Å²) in [5.41, 5.74) is 3.05. The van der Waals surface area contributed by atoms with Crippen molar-refractivity contribution in [3.63, 3.8) is 0 Å². The van der Waals surface area contributed by atoms with E-state index in [0.29, 0.717) is 38.9 Å². The summed E-state index contributed by atoms with van der Waals surface area (Å²) in [7, 11) is 0. The molecular weight excluding hydrogens is 436 g/mol. The van der Waals surface area contributed by atoms with Crippen molar-refractivity contribution < 1.29 is 14.4 Å². The number of carbonyl (C=O) groups is 3. The molecule has 1 N–H and O–H groups in total. The van der Waals surface area contributed by atoms with Gasteiger partial charge in [-0.1, -0.05) is 37.3 Å². The number of piperidine rings is 1. The number of likely N-dealkylation sites (tertiary alicyclic amines) is 1. The number of amides is 4. The van der Waals surface area contributed by atoms with Gasteiger partial charge in [0.2, 0.25) is 5.91 Å². The zero-order valence-electron chi connectivity index (χ0n) is 19.4. The normalized spacial score (nSPS) is 21.5. The molecule has 3 heterocycles. The number of hydrogen-bond acceptors (Lipinski definition) is 5. The Balaban J connectivity index is 1.34. The van der Waals surface area contributed by atoms with Crippen LogP contribution in [-0.4, -0.2) is 57.8 Å². The predicted molar refractivity (Wildman–Crippen MR) is 128 cm³/mol. The first-order valence-corrected chi connectivity index (χ1v) is 12.7. The number of imide groups is 1. The highest BCUT2D eigenvalue weighted by atomic mass is 32.1. The van der Waals surface area contributed by atoms with Crippen LogP contribution in [0, 0.1) is 12.8 Å². The van der Waals surface area contributed by atoms with E-state index in [9.17, 15) is 14.4 Å². The molecule has 1 aromatic carbocycles. The molecule has 1 aromatic heterocycles. The standard InChI is InChI=1S/C25H32N4O3S/c1-3-25(23(31)29(24(32)27-25)16-13-21-18(2)26-17-33-21)20-11-14-28(15-12-20)22(30)10-9-19-7-5-4-6-8-19/h4-8,17,20H,3,9-16H2,1-2H3,(H,27,32)/t25-/m1/s1. The number of carbonyl (C=O) groups excluding carboxylic acids is 3. The second-order valence-electron chi connectivity index (χ2n) is 8.96. The SMILES string of the molecule is CC[C@]1(C2CCN(C(=O)CCc3ccccc3)CC2)NC(=O)N(CCc2scnc2C)C1=O. The molecule has 33 heavy (non-hydrogen) atoms. The fraction of sp³-hybridized carbons (Fsp3) is 0.520. The van der Waals surface area contributed by atoms with E-state index in [4.69, 9.17) is 0 Å². The van der Waals surface area contributed by atoms with Crippen LogP contribution in [0.4, 0.5) is 4.79 Å². The van der Waals surface area contributed by atoms with Gasteiger partial charge in [0.1, 0.15) is 5.54 Å². The number of nitrogens with zero attached hydrogens (tertiary/aromatic N) is 3. The van der Waals surface area contributed by atoms with E-state index in [0.717, 1.165) is 29.8 Å². The molecule has 4 amide bonds. The molecule has 2 saturated heterocycles. The summed E-state index contributed by atoms with van der Waals surface area (Å²) in [5.74, 6) is 0.0736. The Labute approximate surface area is 199 Å². The van der Waals surface area contributed by atoms with Gasteiger partial charge < -0.3 is 10.2 Å². The van der Waals surface area contributed by atoms with E-state index in [1.54, 1.807) is 16.8 Å². The maximum atomic E-state index is 13.4. The second kappa shape index (κ2) is 10.0. The van der Waals surface area contributed by atoms with Crippen LogP contribution >= 0.6 is 11.3 Å². The van der Waals surface area contributed by atoms with Gasteiger partial charge in [-0.3, -0.25) is 14.5 Å². The van der Waals surface area contributed by atoms with E-state index in [2.05, 4.69) is 10.3 Å². The van der Waals surface area contributed by atoms with Crippen LogP contribution in [0.25, 0.3) is 0 Å². The molecule has 1 atom stereocenters. The Morgan fingerprint density at radius 3 is 2.55 bits per heavy atom. The van der Waals surface area contributed by atoms with E-state index in [-0.39, 0.29) is 23.8 Å². The van der Waals surface area contributed by atoms with Gasteiger partial charge in [0.05, 0.1) is 11.2 Å². The Morgan fingerprint density at radius 1 is 1.18 bits per heavy atom. The van der Waals surface area contributed by atoms with Gasteiger partial charge in [-0.15, -0.1) is 11.3 Å². The fourth-order valence-corrected chi connectivity index (χ4v) is 5.88. The van der Waals surface area contributed by atoms with Crippen molar-refractivity contribution in [2.24, 2.45) is 5.92 Å². The minimum atomic E-state index is -0.862. The number of aromatic nitrogens is 1. The van der Waals surface area contributed by atoms with Crippen molar-refractivity contribution >= 4 is 29.2 Å². The van der Waals surface area contributed by atoms with Crippen LogP contribution in [-0.2, 0) is 22.4 Å². The molecule has 0 unspecified atom stereocenters. The zero-order valence-corrected chi connectivity index (χ0v) is 20.2. The minimum Gasteiger partial charge on any atom is -0.343 e. The Morgan fingerprint density at radius 2 is 1.91 bits per heavy atom. The third kappa shape index (κ3) is 4.81. The maximum Gasteiger partial charge on any atom is 0.325 e. The Bertz CT molecular complexity index is 1000. The first kappa shape index (κ1) is 23.4. The molecule has 2 aliphatic rings. The minimum absolute atomic E-state index is 0.0345. The Kier molecular flexibility index (Phi) is 7.12. The van der Waals surface area contributed by atoms with Crippen LogP contribution in [0.1, 0.15) is 48.7 Å². The molecule has 2 fully saturated rings. The summed E-state index contributed by atoms with van der Waals surface area (Å²) >= 11 is 1.56. The molecule has 8 heteroatoms. The maximum absolute atomic E-state index is 13.4. The second-order valence-corrected chi connectivity index (χ2v) is 9.90. The van der Waals surface area contributed by atoms with Gasteiger partial charge >= 0.3 is 6.03 Å². The van der Waals surface area contributed by atoms with E-state index >= 15 is 0 Å². The summed E-state index contributed by atoms with van der Waals surface area (Å²) in [6.07, 6.45) is 3.86. The molecule has 7 nitrogen and oxygen atoms in total. The van der Waals surface area contributed by atoms with Crippen molar-refractivity contribution in [1.82, 2.24) is 20.1 Å². The fourth-order valence-electron chi connectivity index (χ4n) is 5.11. The number of hydrogen-bond donors (Lipinski definition) is 1. The van der Waals surface area contributed by atoms with Crippen LogP contribution in [0.15, 0.2) is 35.8 Å². The third-order valence-corrected chi connectivity index (χ3v) is 8.18. The smallest absolute Gasteiger partial charge is 0.325 e. The van der Waals surface area contributed by atoms with Gasteiger partial charge in [0.15, 0.2) is 0 Å². The van der Waals surface area contributed by atoms with Crippen LogP contribution < -0.4 is 5.32 Å². The number of rotatable bonds is 8. The van der Waals surface area contributed by atoms with Crippen molar-refractivity contribution in [3.8, 4) is 0 Å². The summed E-state index contributed by atoms with van der Waals surface area (Å²) in [4.78, 5) is 47.6. The van der Waals surface area contributed by atoms with Gasteiger partial charge in [0.25, 0.3) is 5.91 Å². The third-order valence-electron chi connectivity index (χ3n) is 7.18. The molecule has 0 spiro atoms. The molecule has 2 aromatic rings. The van der Waals surface area contributed by atoms with Crippen LogP contribution in [0.5, 0.6) is 0 Å². The van der Waals surface area contributed by atoms with Crippen molar-refractivity contribution in [3.05, 3.63) is 52.0 Å². The predicted octanol–water partition coefficient (Wildman–Crippen LogP) is 3.57.